The van der Waals surface area contributed by atoms with Crippen molar-refractivity contribution in [2.45, 2.75) is 76.1 Å². The number of aryl methyl sites for hydroxylation is 2. The van der Waals surface area contributed by atoms with E-state index in [4.69, 9.17) is 18.9 Å². The number of hydrogen-bond acceptors (Lipinski definition) is 12. The average molecular weight is 928 g/mol. The molecule has 18 heteroatoms. The van der Waals surface area contributed by atoms with Crippen molar-refractivity contribution in [3.63, 3.8) is 0 Å². The molecule has 0 saturated carbocycles. The van der Waals surface area contributed by atoms with Gasteiger partial charge in [0.15, 0.2) is 16.3 Å². The fourth-order valence-corrected chi connectivity index (χ4v) is 9.82. The van der Waals surface area contributed by atoms with Crippen LogP contribution in [0.2, 0.25) is 0 Å². The van der Waals surface area contributed by atoms with Crippen molar-refractivity contribution in [2.75, 3.05) is 41.5 Å². The van der Waals surface area contributed by atoms with E-state index in [0.29, 0.717) is 37.4 Å². The van der Waals surface area contributed by atoms with Crippen LogP contribution in [0.3, 0.4) is 0 Å². The van der Waals surface area contributed by atoms with Crippen LogP contribution in [0.15, 0.2) is 119 Å². The SMILES string of the molecule is CCn1nc(S(=O)(=O)N(Cc2ccc(OC)cc2)Cc2ccc(OC)cc2)cc1C=O.CCn1nc(S(=O)(=O)N(Cc2ccc(OC)cc2)Cc2ccc(OC)cc2)cc1CN1CCC1. The lowest BCUT2D eigenvalue weighted by molar-refractivity contribution is 0.111. The van der Waals surface area contributed by atoms with Gasteiger partial charge < -0.3 is 18.9 Å². The summed E-state index contributed by atoms with van der Waals surface area (Å²) < 4.78 is 81.4. The van der Waals surface area contributed by atoms with Crippen molar-refractivity contribution >= 4 is 26.3 Å². The highest BCUT2D eigenvalue weighted by atomic mass is 32.2. The molecule has 4 aromatic carbocycles. The van der Waals surface area contributed by atoms with Crippen molar-refractivity contribution in [3.8, 4) is 23.0 Å². The zero-order valence-electron chi connectivity index (χ0n) is 37.7. The van der Waals surface area contributed by atoms with Crippen molar-refractivity contribution in [1.29, 1.82) is 0 Å². The van der Waals surface area contributed by atoms with Gasteiger partial charge in [-0.15, -0.1) is 0 Å². The lowest BCUT2D eigenvalue weighted by Gasteiger charge is -2.30. The van der Waals surface area contributed by atoms with Crippen LogP contribution in [0.1, 0.15) is 58.7 Å². The Morgan fingerprint density at radius 1 is 0.538 bits per heavy atom. The zero-order valence-corrected chi connectivity index (χ0v) is 39.3. The smallest absolute Gasteiger partial charge is 0.263 e. The molecule has 6 aromatic rings. The molecule has 0 radical (unpaired) electrons. The summed E-state index contributed by atoms with van der Waals surface area (Å²) in [6, 6.07) is 32.3. The van der Waals surface area contributed by atoms with Gasteiger partial charge in [0.05, 0.1) is 34.1 Å². The minimum atomic E-state index is -3.97. The van der Waals surface area contributed by atoms with Gasteiger partial charge >= 0.3 is 0 Å². The lowest BCUT2D eigenvalue weighted by atomic mass is 10.2. The predicted octanol–water partition coefficient (Wildman–Crippen LogP) is 6.64. The van der Waals surface area contributed by atoms with Crippen molar-refractivity contribution in [2.24, 2.45) is 0 Å². The molecular formula is C47H57N7O9S2. The molecule has 1 aliphatic heterocycles. The van der Waals surface area contributed by atoms with E-state index in [-0.39, 0.29) is 41.9 Å². The quantitative estimate of drug-likeness (QED) is 0.0708. The standard InChI is InChI=1S/C25H32N4O4S.C22H25N3O5S/c1-4-29-22(19-27-14-5-15-27)16-25(26-29)34(30,31)28(17-20-6-10-23(32-2)11-7-20)18-21-8-12-24(33-3)13-9-21;1-4-25-19(16-26)13-22(23-25)31(27,28)24(14-17-5-9-20(29-2)10-6-17)15-18-7-11-21(30-3)12-8-18/h6-13,16H,4-5,14-15,17-19H2,1-3H3;5-13,16H,4,14-15H2,1-3H3. The number of carbonyl (C=O) groups is 1. The number of aromatic nitrogens is 4. The first-order valence-electron chi connectivity index (χ1n) is 21.2. The van der Waals surface area contributed by atoms with E-state index in [2.05, 4.69) is 15.1 Å². The summed E-state index contributed by atoms with van der Waals surface area (Å²) in [5.41, 5.74) is 4.47. The van der Waals surface area contributed by atoms with Crippen LogP contribution in [0.25, 0.3) is 0 Å². The molecule has 16 nitrogen and oxygen atoms in total. The molecule has 2 aromatic heterocycles. The summed E-state index contributed by atoms with van der Waals surface area (Å²) in [7, 11) is -1.45. The number of aldehydes is 1. The molecule has 0 unspecified atom stereocenters. The minimum absolute atomic E-state index is 0.0897. The van der Waals surface area contributed by atoms with Crippen LogP contribution < -0.4 is 18.9 Å². The Balaban J connectivity index is 0.000000216. The molecule has 65 heavy (non-hydrogen) atoms. The van der Waals surface area contributed by atoms with E-state index in [0.717, 1.165) is 52.5 Å². The van der Waals surface area contributed by atoms with Crippen molar-refractivity contribution in [1.82, 2.24) is 33.1 Å². The Hall–Kier alpha value is -6.05. The van der Waals surface area contributed by atoms with Gasteiger partial charge in [0, 0.05) is 57.9 Å². The lowest BCUT2D eigenvalue weighted by Crippen LogP contribution is -2.36. The van der Waals surface area contributed by atoms with Gasteiger partial charge in [-0.05, 0) is 104 Å². The van der Waals surface area contributed by atoms with Gasteiger partial charge in [-0.3, -0.25) is 19.1 Å². The highest BCUT2D eigenvalue weighted by Gasteiger charge is 2.31. The average Bonchev–Trinajstić information content (AvgIpc) is 3.96. The van der Waals surface area contributed by atoms with Gasteiger partial charge in [-0.25, -0.2) is 16.8 Å². The molecule has 0 amide bonds. The molecule has 1 fully saturated rings. The normalized spacial score (nSPS) is 12.9. The first-order chi connectivity index (χ1) is 31.3. The topological polar surface area (TPSA) is 168 Å². The third kappa shape index (κ3) is 12.2. The van der Waals surface area contributed by atoms with Crippen LogP contribution in [0, 0.1) is 0 Å². The zero-order chi connectivity index (χ0) is 46.6. The van der Waals surface area contributed by atoms with Crippen LogP contribution in [0.5, 0.6) is 23.0 Å². The maximum absolute atomic E-state index is 13.8. The number of carbonyl (C=O) groups excluding carboxylic acids is 1. The summed E-state index contributed by atoms with van der Waals surface area (Å²) >= 11 is 0. The number of nitrogens with zero attached hydrogens (tertiary/aromatic N) is 7. The number of methoxy groups -OCH3 is 4. The van der Waals surface area contributed by atoms with Crippen LogP contribution in [-0.2, 0) is 65.9 Å². The van der Waals surface area contributed by atoms with Crippen LogP contribution in [-0.4, -0.2) is 97.7 Å². The second kappa shape index (κ2) is 22.2. The highest BCUT2D eigenvalue weighted by molar-refractivity contribution is 7.89. The Morgan fingerprint density at radius 2 is 0.877 bits per heavy atom. The molecule has 0 spiro atoms. The third-order valence-electron chi connectivity index (χ3n) is 11.0. The molecule has 3 heterocycles. The third-order valence-corrected chi connectivity index (χ3v) is 14.3. The molecule has 0 N–H and O–H groups in total. The van der Waals surface area contributed by atoms with E-state index in [1.54, 1.807) is 70.4 Å². The number of benzene rings is 4. The van der Waals surface area contributed by atoms with E-state index < -0.39 is 20.0 Å². The molecule has 1 aliphatic rings. The van der Waals surface area contributed by atoms with Crippen LogP contribution in [0.4, 0.5) is 0 Å². The Bertz CT molecular complexity index is 2590. The predicted molar refractivity (Wildman–Crippen MR) is 246 cm³/mol. The summed E-state index contributed by atoms with van der Waals surface area (Å²) in [4.78, 5) is 13.6. The van der Waals surface area contributed by atoms with Gasteiger partial charge in [0.2, 0.25) is 0 Å². The fourth-order valence-electron chi connectivity index (χ4n) is 7.06. The maximum atomic E-state index is 13.8. The summed E-state index contributed by atoms with van der Waals surface area (Å²) in [6.07, 6.45) is 1.79. The number of ether oxygens (including phenoxy) is 4. The Kier molecular flexibility index (Phi) is 16.6. The number of likely N-dealkylation sites (tertiary alicyclic amines) is 1. The van der Waals surface area contributed by atoms with Gasteiger partial charge in [-0.2, -0.15) is 18.8 Å². The number of hydrogen-bond donors (Lipinski definition) is 0. The molecule has 0 aliphatic carbocycles. The second-order valence-corrected chi connectivity index (χ2v) is 19.0. The second-order valence-electron chi connectivity index (χ2n) is 15.2. The monoisotopic (exact) mass is 927 g/mol. The Labute approximate surface area is 382 Å². The summed E-state index contributed by atoms with van der Waals surface area (Å²) in [6.45, 7) is 8.29. The molecule has 0 atom stereocenters. The highest BCUT2D eigenvalue weighted by Crippen LogP contribution is 2.26. The molecular weight excluding hydrogens is 871 g/mol. The van der Waals surface area contributed by atoms with Gasteiger partial charge in [-0.1, -0.05) is 48.5 Å². The van der Waals surface area contributed by atoms with E-state index in [1.807, 2.05) is 79.7 Å². The fraction of sp³-hybridized carbons (Fsp3) is 0.340. The van der Waals surface area contributed by atoms with Gasteiger partial charge in [0.25, 0.3) is 20.0 Å². The first-order valence-corrected chi connectivity index (χ1v) is 24.1. The molecule has 346 valence electrons. The van der Waals surface area contributed by atoms with E-state index in [1.165, 1.54) is 25.8 Å². The maximum Gasteiger partial charge on any atom is 0.263 e. The van der Waals surface area contributed by atoms with Crippen molar-refractivity contribution in [3.05, 3.63) is 143 Å². The Morgan fingerprint density at radius 3 is 1.15 bits per heavy atom. The van der Waals surface area contributed by atoms with Crippen molar-refractivity contribution < 1.29 is 40.6 Å². The summed E-state index contributed by atoms with van der Waals surface area (Å²) in [5, 5.41) is 8.57. The van der Waals surface area contributed by atoms with Crippen LogP contribution >= 0.6 is 0 Å². The number of rotatable bonds is 21. The summed E-state index contributed by atoms with van der Waals surface area (Å²) in [5.74, 6) is 2.83. The molecule has 1 saturated heterocycles. The molecule has 7 rings (SSSR count). The molecule has 0 bridgehead atoms. The van der Waals surface area contributed by atoms with Gasteiger partial charge in [0.1, 0.15) is 28.7 Å². The largest absolute Gasteiger partial charge is 0.497 e. The first kappa shape index (κ1) is 48.4. The van der Waals surface area contributed by atoms with E-state index >= 15 is 0 Å². The number of sulfonamides is 2. The van der Waals surface area contributed by atoms with E-state index in [9.17, 15) is 21.6 Å². The minimum Gasteiger partial charge on any atom is -0.497 e.